The van der Waals surface area contributed by atoms with Gasteiger partial charge in [0.05, 0.1) is 5.69 Å². The van der Waals surface area contributed by atoms with E-state index >= 15 is 0 Å². The number of carbonyl (C=O) groups excluding carboxylic acids is 1. The van der Waals surface area contributed by atoms with Crippen LogP contribution in [0.3, 0.4) is 0 Å². The first kappa shape index (κ1) is 16.5. The fourth-order valence-electron chi connectivity index (χ4n) is 2.88. The quantitative estimate of drug-likeness (QED) is 0.880. The monoisotopic (exact) mass is 337 g/mol. The van der Waals surface area contributed by atoms with Crippen LogP contribution in [0.25, 0.3) is 11.5 Å². The van der Waals surface area contributed by atoms with Gasteiger partial charge in [0.25, 0.3) is 5.91 Å². The van der Waals surface area contributed by atoms with Crippen molar-refractivity contribution in [3.63, 3.8) is 0 Å². The van der Waals surface area contributed by atoms with Crippen molar-refractivity contribution in [3.05, 3.63) is 41.8 Å². The van der Waals surface area contributed by atoms with Crippen LogP contribution < -0.4 is 5.73 Å². The number of nitrogens with zero attached hydrogens (tertiary/aromatic N) is 2. The van der Waals surface area contributed by atoms with Crippen LogP contribution in [0.2, 0.25) is 0 Å². The maximum atomic E-state index is 13.8. The minimum atomic E-state index is -1.57. The number of hydrogen-bond donors (Lipinski definition) is 2. The zero-order chi connectivity index (χ0) is 17.3. The second-order valence-corrected chi connectivity index (χ2v) is 5.95. The number of benzene rings is 1. The molecule has 1 atom stereocenters. The number of aliphatic hydroxyl groups is 1. The van der Waals surface area contributed by atoms with Crippen LogP contribution in [-0.2, 0) is 11.3 Å². The molecular weight excluding hydrogens is 320 g/mol. The lowest BCUT2D eigenvalue weighted by Crippen LogP contribution is -2.55. The molecule has 1 saturated heterocycles. The largest absolute Gasteiger partial charge is 0.444 e. The standard InChI is InChI=1S/C16H17F2N3O3/c17-11-3-1-4-12(18)13(11)14-20-10(8-24-14)7-21-6-2-5-16(23,9-21)15(19)22/h1,3-4,8,23H,2,5-7,9H2,(H2,19,22)/t16-/m0/s1. The maximum Gasteiger partial charge on any atom is 0.250 e. The number of likely N-dealkylation sites (tertiary alicyclic amines) is 1. The fourth-order valence-corrected chi connectivity index (χ4v) is 2.88. The molecule has 1 amide bonds. The molecule has 8 heteroatoms. The molecule has 0 saturated carbocycles. The fraction of sp³-hybridized carbons (Fsp3) is 0.375. The molecule has 2 aromatic rings. The molecule has 1 aliphatic rings. The van der Waals surface area contributed by atoms with E-state index in [9.17, 15) is 18.7 Å². The highest BCUT2D eigenvalue weighted by Crippen LogP contribution is 2.27. The normalized spacial score (nSPS) is 21.8. The number of carbonyl (C=O) groups is 1. The molecule has 3 rings (SSSR count). The van der Waals surface area contributed by atoms with Crippen LogP contribution in [0, 0.1) is 11.6 Å². The van der Waals surface area contributed by atoms with E-state index < -0.39 is 23.1 Å². The second-order valence-electron chi connectivity index (χ2n) is 5.95. The van der Waals surface area contributed by atoms with Crippen LogP contribution in [0.1, 0.15) is 18.5 Å². The first-order chi connectivity index (χ1) is 11.4. The highest BCUT2D eigenvalue weighted by atomic mass is 19.1. The van der Waals surface area contributed by atoms with Crippen molar-refractivity contribution in [2.75, 3.05) is 13.1 Å². The Bertz CT molecular complexity index is 745. The third kappa shape index (κ3) is 3.15. The smallest absolute Gasteiger partial charge is 0.250 e. The van der Waals surface area contributed by atoms with Crippen LogP contribution in [0.4, 0.5) is 8.78 Å². The Hall–Kier alpha value is -2.32. The summed E-state index contributed by atoms with van der Waals surface area (Å²) in [5.41, 5.74) is 3.79. The SMILES string of the molecule is NC(=O)[C@]1(O)CCCN(Cc2coc(-c3c(F)cccc3F)n2)C1. The lowest BCUT2D eigenvalue weighted by Gasteiger charge is -2.36. The molecule has 0 aliphatic carbocycles. The second kappa shape index (κ2) is 6.29. The lowest BCUT2D eigenvalue weighted by atomic mass is 9.92. The average Bonchev–Trinajstić information content (AvgIpc) is 2.95. The Labute approximate surface area is 136 Å². The molecule has 0 radical (unpaired) electrons. The van der Waals surface area contributed by atoms with Gasteiger partial charge in [-0.25, -0.2) is 13.8 Å². The van der Waals surface area contributed by atoms with E-state index in [2.05, 4.69) is 4.98 Å². The van der Waals surface area contributed by atoms with E-state index in [-0.39, 0.29) is 24.5 Å². The number of primary amides is 1. The van der Waals surface area contributed by atoms with Gasteiger partial charge in [-0.2, -0.15) is 0 Å². The molecular formula is C16H17F2N3O3. The van der Waals surface area contributed by atoms with E-state index in [4.69, 9.17) is 10.2 Å². The number of β-amino-alcohol motifs (C(OH)–C–C–N with tert-alkyl or cyclic N) is 1. The number of piperidine rings is 1. The number of amides is 1. The highest BCUT2D eigenvalue weighted by molar-refractivity contribution is 5.83. The first-order valence-corrected chi connectivity index (χ1v) is 7.52. The predicted octanol–water partition coefficient (Wildman–Crippen LogP) is 1.43. The van der Waals surface area contributed by atoms with Crippen LogP contribution in [-0.4, -0.2) is 39.6 Å². The number of nitrogens with two attached hydrogens (primary N) is 1. The molecule has 1 fully saturated rings. The number of hydrogen-bond acceptors (Lipinski definition) is 5. The molecule has 3 N–H and O–H groups in total. The molecule has 0 unspecified atom stereocenters. The highest BCUT2D eigenvalue weighted by Gasteiger charge is 2.38. The zero-order valence-electron chi connectivity index (χ0n) is 12.8. The van der Waals surface area contributed by atoms with Gasteiger partial charge in [0.15, 0.2) is 5.60 Å². The zero-order valence-corrected chi connectivity index (χ0v) is 12.8. The van der Waals surface area contributed by atoms with Gasteiger partial charge in [-0.15, -0.1) is 0 Å². The number of aromatic nitrogens is 1. The minimum Gasteiger partial charge on any atom is -0.444 e. The molecule has 0 bridgehead atoms. The molecule has 6 nitrogen and oxygen atoms in total. The molecule has 0 spiro atoms. The molecule has 1 aromatic heterocycles. The summed E-state index contributed by atoms with van der Waals surface area (Å²) in [5.74, 6) is -2.43. The molecule has 1 aliphatic heterocycles. The summed E-state index contributed by atoms with van der Waals surface area (Å²) in [5, 5.41) is 10.2. The Balaban J connectivity index is 1.76. The number of halogens is 2. The van der Waals surface area contributed by atoms with Gasteiger partial charge < -0.3 is 15.3 Å². The minimum absolute atomic E-state index is 0.0819. The summed E-state index contributed by atoms with van der Waals surface area (Å²) < 4.78 is 32.7. The van der Waals surface area contributed by atoms with Crippen molar-refractivity contribution < 1.29 is 23.1 Å². The summed E-state index contributed by atoms with van der Waals surface area (Å²) >= 11 is 0. The summed E-state index contributed by atoms with van der Waals surface area (Å²) in [4.78, 5) is 17.3. The van der Waals surface area contributed by atoms with Crippen molar-refractivity contribution in [3.8, 4) is 11.5 Å². The third-order valence-electron chi connectivity index (χ3n) is 4.12. The van der Waals surface area contributed by atoms with Gasteiger partial charge in [-0.05, 0) is 31.5 Å². The first-order valence-electron chi connectivity index (χ1n) is 7.52. The third-order valence-corrected chi connectivity index (χ3v) is 4.12. The van der Waals surface area contributed by atoms with E-state index in [1.807, 2.05) is 0 Å². The van der Waals surface area contributed by atoms with Gasteiger partial charge in [0, 0.05) is 13.1 Å². The van der Waals surface area contributed by atoms with Gasteiger partial charge in [0.2, 0.25) is 5.89 Å². The van der Waals surface area contributed by atoms with E-state index in [0.29, 0.717) is 25.1 Å². The average molecular weight is 337 g/mol. The van der Waals surface area contributed by atoms with Crippen molar-refractivity contribution in [1.29, 1.82) is 0 Å². The van der Waals surface area contributed by atoms with Gasteiger partial charge in [-0.1, -0.05) is 6.07 Å². The summed E-state index contributed by atoms with van der Waals surface area (Å²) in [6, 6.07) is 3.51. The van der Waals surface area contributed by atoms with Crippen molar-refractivity contribution in [1.82, 2.24) is 9.88 Å². The molecule has 128 valence electrons. The Morgan fingerprint density at radius 2 is 2.12 bits per heavy atom. The van der Waals surface area contributed by atoms with E-state index in [1.54, 1.807) is 4.90 Å². The number of oxazole rings is 1. The van der Waals surface area contributed by atoms with Gasteiger partial charge in [-0.3, -0.25) is 9.69 Å². The van der Waals surface area contributed by atoms with Crippen LogP contribution in [0.15, 0.2) is 28.9 Å². The molecule has 24 heavy (non-hydrogen) atoms. The topological polar surface area (TPSA) is 92.6 Å². The summed E-state index contributed by atoms with van der Waals surface area (Å²) in [6.45, 7) is 1.000. The Kier molecular flexibility index (Phi) is 4.33. The van der Waals surface area contributed by atoms with Gasteiger partial charge >= 0.3 is 0 Å². The summed E-state index contributed by atoms with van der Waals surface area (Å²) in [7, 11) is 0. The van der Waals surface area contributed by atoms with E-state index in [0.717, 1.165) is 12.1 Å². The molecule has 2 heterocycles. The molecule has 1 aromatic carbocycles. The van der Waals surface area contributed by atoms with E-state index in [1.165, 1.54) is 12.3 Å². The van der Waals surface area contributed by atoms with Crippen molar-refractivity contribution >= 4 is 5.91 Å². The Morgan fingerprint density at radius 1 is 1.42 bits per heavy atom. The summed E-state index contributed by atoms with van der Waals surface area (Å²) in [6.07, 6.45) is 2.22. The van der Waals surface area contributed by atoms with Gasteiger partial charge in [0.1, 0.15) is 23.5 Å². The maximum absolute atomic E-state index is 13.8. The van der Waals surface area contributed by atoms with Crippen molar-refractivity contribution in [2.45, 2.75) is 25.0 Å². The predicted molar refractivity (Wildman–Crippen MR) is 80.5 cm³/mol. The van der Waals surface area contributed by atoms with Crippen molar-refractivity contribution in [2.24, 2.45) is 5.73 Å². The lowest BCUT2D eigenvalue weighted by molar-refractivity contribution is -0.142. The van der Waals surface area contributed by atoms with Crippen LogP contribution in [0.5, 0.6) is 0 Å². The van der Waals surface area contributed by atoms with Crippen LogP contribution >= 0.6 is 0 Å². The Morgan fingerprint density at radius 3 is 2.79 bits per heavy atom. The number of rotatable bonds is 4.